The van der Waals surface area contributed by atoms with Gasteiger partial charge in [0.05, 0.1) is 6.61 Å². The Balaban J connectivity index is 2.09. The Kier molecular flexibility index (Phi) is 5.49. The van der Waals surface area contributed by atoms with E-state index in [-0.39, 0.29) is 5.91 Å². The SMILES string of the molecule is COCCNc1ccnc(C(=O)Nc2cccc(C)c2C)c1. The van der Waals surface area contributed by atoms with Crippen LogP contribution < -0.4 is 10.6 Å². The van der Waals surface area contributed by atoms with Gasteiger partial charge in [0.1, 0.15) is 5.69 Å². The second-order valence-corrected chi connectivity index (χ2v) is 5.05. The Morgan fingerprint density at radius 1 is 1.27 bits per heavy atom. The zero-order valence-electron chi connectivity index (χ0n) is 13.1. The van der Waals surface area contributed by atoms with Gasteiger partial charge in [-0.1, -0.05) is 12.1 Å². The third-order valence-electron chi connectivity index (χ3n) is 3.48. The first-order valence-electron chi connectivity index (χ1n) is 7.18. The van der Waals surface area contributed by atoms with Crippen molar-refractivity contribution in [2.75, 3.05) is 30.9 Å². The van der Waals surface area contributed by atoms with Gasteiger partial charge in [-0.15, -0.1) is 0 Å². The molecule has 5 heteroatoms. The largest absolute Gasteiger partial charge is 0.383 e. The lowest BCUT2D eigenvalue weighted by molar-refractivity contribution is 0.102. The lowest BCUT2D eigenvalue weighted by Gasteiger charge is -2.11. The molecule has 1 aromatic carbocycles. The number of aromatic nitrogens is 1. The van der Waals surface area contributed by atoms with Crippen LogP contribution in [-0.2, 0) is 4.74 Å². The Hall–Kier alpha value is -2.40. The van der Waals surface area contributed by atoms with Crippen molar-refractivity contribution in [3.05, 3.63) is 53.3 Å². The molecular formula is C17H21N3O2. The highest BCUT2D eigenvalue weighted by Gasteiger charge is 2.10. The second kappa shape index (κ2) is 7.56. The molecule has 0 fully saturated rings. The van der Waals surface area contributed by atoms with Crippen LogP contribution in [0.4, 0.5) is 11.4 Å². The van der Waals surface area contributed by atoms with Crippen LogP contribution in [0.15, 0.2) is 36.5 Å². The molecule has 1 heterocycles. The van der Waals surface area contributed by atoms with E-state index in [4.69, 9.17) is 4.74 Å². The van der Waals surface area contributed by atoms with E-state index < -0.39 is 0 Å². The second-order valence-electron chi connectivity index (χ2n) is 5.05. The number of rotatable bonds is 6. The summed E-state index contributed by atoms with van der Waals surface area (Å²) in [5.41, 5.74) is 4.23. The van der Waals surface area contributed by atoms with Gasteiger partial charge in [0.15, 0.2) is 0 Å². The quantitative estimate of drug-likeness (QED) is 0.805. The maximum atomic E-state index is 12.3. The third kappa shape index (κ3) is 4.05. The molecule has 0 saturated carbocycles. The minimum absolute atomic E-state index is 0.218. The van der Waals surface area contributed by atoms with E-state index in [9.17, 15) is 4.79 Å². The molecule has 0 saturated heterocycles. The van der Waals surface area contributed by atoms with Gasteiger partial charge in [0, 0.05) is 31.2 Å². The van der Waals surface area contributed by atoms with Crippen LogP contribution in [0, 0.1) is 13.8 Å². The predicted molar refractivity (Wildman–Crippen MR) is 88.5 cm³/mol. The van der Waals surface area contributed by atoms with Gasteiger partial charge in [-0.3, -0.25) is 9.78 Å². The van der Waals surface area contributed by atoms with E-state index in [0.29, 0.717) is 18.8 Å². The maximum absolute atomic E-state index is 12.3. The van der Waals surface area contributed by atoms with Crippen LogP contribution in [0.1, 0.15) is 21.6 Å². The molecule has 0 radical (unpaired) electrons. The number of carbonyl (C=O) groups is 1. The molecule has 2 N–H and O–H groups in total. The molecular weight excluding hydrogens is 278 g/mol. The van der Waals surface area contributed by atoms with Gasteiger partial charge < -0.3 is 15.4 Å². The lowest BCUT2D eigenvalue weighted by atomic mass is 10.1. The third-order valence-corrected chi connectivity index (χ3v) is 3.48. The number of benzene rings is 1. The van der Waals surface area contributed by atoms with Gasteiger partial charge in [-0.05, 0) is 43.2 Å². The molecule has 0 unspecified atom stereocenters. The Bertz CT molecular complexity index is 656. The zero-order valence-corrected chi connectivity index (χ0v) is 13.1. The Morgan fingerprint density at radius 3 is 2.86 bits per heavy atom. The van der Waals surface area contributed by atoms with E-state index in [2.05, 4.69) is 15.6 Å². The molecule has 116 valence electrons. The standard InChI is InChI=1S/C17H21N3O2/c1-12-5-4-6-15(13(12)2)20-17(21)16-11-14(7-8-19-16)18-9-10-22-3/h4-8,11H,9-10H2,1-3H3,(H,18,19)(H,20,21). The van der Waals surface area contributed by atoms with Crippen molar-refractivity contribution in [3.63, 3.8) is 0 Å². The van der Waals surface area contributed by atoms with Crippen molar-refractivity contribution in [2.24, 2.45) is 0 Å². The van der Waals surface area contributed by atoms with Crippen molar-refractivity contribution in [1.29, 1.82) is 0 Å². The molecule has 1 amide bonds. The van der Waals surface area contributed by atoms with Gasteiger partial charge in [0.25, 0.3) is 5.91 Å². The van der Waals surface area contributed by atoms with E-state index >= 15 is 0 Å². The topological polar surface area (TPSA) is 63.2 Å². The smallest absolute Gasteiger partial charge is 0.274 e. The van der Waals surface area contributed by atoms with E-state index in [1.807, 2.05) is 38.1 Å². The molecule has 5 nitrogen and oxygen atoms in total. The lowest BCUT2D eigenvalue weighted by Crippen LogP contribution is -2.15. The van der Waals surface area contributed by atoms with Gasteiger partial charge in [-0.2, -0.15) is 0 Å². The van der Waals surface area contributed by atoms with Crippen LogP contribution in [0.5, 0.6) is 0 Å². The predicted octanol–water partition coefficient (Wildman–Crippen LogP) is 3.01. The number of aryl methyl sites for hydroxylation is 1. The fourth-order valence-corrected chi connectivity index (χ4v) is 2.03. The first-order chi connectivity index (χ1) is 10.6. The van der Waals surface area contributed by atoms with Crippen LogP contribution in [0.3, 0.4) is 0 Å². The van der Waals surface area contributed by atoms with Crippen LogP contribution in [0.2, 0.25) is 0 Å². The summed E-state index contributed by atoms with van der Waals surface area (Å²) in [6, 6.07) is 9.39. The summed E-state index contributed by atoms with van der Waals surface area (Å²) in [5.74, 6) is -0.218. The highest BCUT2D eigenvalue weighted by molar-refractivity contribution is 6.03. The number of methoxy groups -OCH3 is 1. The summed E-state index contributed by atoms with van der Waals surface area (Å²) in [6.45, 7) is 5.29. The van der Waals surface area contributed by atoms with Gasteiger partial charge >= 0.3 is 0 Å². The molecule has 0 aliphatic carbocycles. The highest BCUT2D eigenvalue weighted by atomic mass is 16.5. The number of nitrogens with one attached hydrogen (secondary N) is 2. The molecule has 1 aromatic heterocycles. The maximum Gasteiger partial charge on any atom is 0.274 e. The van der Waals surface area contributed by atoms with Crippen LogP contribution >= 0.6 is 0 Å². The van der Waals surface area contributed by atoms with Crippen LogP contribution in [-0.4, -0.2) is 31.2 Å². The molecule has 2 rings (SSSR count). The van der Waals surface area contributed by atoms with Crippen molar-refractivity contribution >= 4 is 17.3 Å². The number of pyridine rings is 1. The number of carbonyl (C=O) groups excluding carboxylic acids is 1. The summed E-state index contributed by atoms with van der Waals surface area (Å²) in [6.07, 6.45) is 1.62. The molecule has 0 atom stereocenters. The first kappa shape index (κ1) is 16.0. The minimum Gasteiger partial charge on any atom is -0.383 e. The molecule has 0 bridgehead atoms. The number of hydrogen-bond acceptors (Lipinski definition) is 4. The molecule has 2 aromatic rings. The fraction of sp³-hybridized carbons (Fsp3) is 0.294. The number of anilines is 2. The Morgan fingerprint density at radius 2 is 2.09 bits per heavy atom. The van der Waals surface area contributed by atoms with E-state index in [1.165, 1.54) is 0 Å². The summed E-state index contributed by atoms with van der Waals surface area (Å²) < 4.78 is 4.99. The number of nitrogens with zero attached hydrogens (tertiary/aromatic N) is 1. The van der Waals surface area contributed by atoms with Crippen molar-refractivity contribution in [3.8, 4) is 0 Å². The van der Waals surface area contributed by atoms with Crippen molar-refractivity contribution in [2.45, 2.75) is 13.8 Å². The minimum atomic E-state index is -0.218. The number of hydrogen-bond donors (Lipinski definition) is 2. The molecule has 0 aliphatic rings. The van der Waals surface area contributed by atoms with Crippen LogP contribution in [0.25, 0.3) is 0 Å². The first-order valence-corrected chi connectivity index (χ1v) is 7.18. The van der Waals surface area contributed by atoms with E-state index in [0.717, 1.165) is 22.5 Å². The summed E-state index contributed by atoms with van der Waals surface area (Å²) in [4.78, 5) is 16.5. The Labute approximate surface area is 130 Å². The number of amides is 1. The average molecular weight is 299 g/mol. The van der Waals surface area contributed by atoms with Crippen molar-refractivity contribution < 1.29 is 9.53 Å². The monoisotopic (exact) mass is 299 g/mol. The van der Waals surface area contributed by atoms with Crippen molar-refractivity contribution in [1.82, 2.24) is 4.98 Å². The zero-order chi connectivity index (χ0) is 15.9. The van der Waals surface area contributed by atoms with E-state index in [1.54, 1.807) is 19.4 Å². The highest BCUT2D eigenvalue weighted by Crippen LogP contribution is 2.19. The summed E-state index contributed by atoms with van der Waals surface area (Å²) in [5, 5.41) is 6.09. The molecule has 22 heavy (non-hydrogen) atoms. The normalized spacial score (nSPS) is 10.3. The average Bonchev–Trinajstić information content (AvgIpc) is 2.52. The number of ether oxygens (including phenoxy) is 1. The molecule has 0 aliphatic heterocycles. The fourth-order valence-electron chi connectivity index (χ4n) is 2.03. The summed E-state index contributed by atoms with van der Waals surface area (Å²) >= 11 is 0. The summed E-state index contributed by atoms with van der Waals surface area (Å²) in [7, 11) is 1.65. The molecule has 0 spiro atoms. The van der Waals surface area contributed by atoms with Gasteiger partial charge in [0.2, 0.25) is 0 Å². The van der Waals surface area contributed by atoms with Gasteiger partial charge in [-0.25, -0.2) is 0 Å².